The summed E-state index contributed by atoms with van der Waals surface area (Å²) in [7, 11) is 0. The monoisotopic (exact) mass is 502 g/mol. The number of fused-ring (bicyclic) bond motifs is 1. The number of piperidine rings is 2. The van der Waals surface area contributed by atoms with Gasteiger partial charge >= 0.3 is 0 Å². The van der Waals surface area contributed by atoms with Gasteiger partial charge in [-0.1, -0.05) is 18.2 Å². The smallest absolute Gasteiger partial charge is 0.264 e. The van der Waals surface area contributed by atoms with Crippen LogP contribution in [0.4, 0.5) is 5.69 Å². The Morgan fingerprint density at radius 1 is 0.946 bits per heavy atom. The second kappa shape index (κ2) is 10.2. The number of carbonyl (C=O) groups excluding carboxylic acids is 5. The van der Waals surface area contributed by atoms with E-state index in [-0.39, 0.29) is 18.7 Å². The Labute approximate surface area is 215 Å². The fourth-order valence-electron chi connectivity index (χ4n) is 5.65. The van der Waals surface area contributed by atoms with Crippen LogP contribution in [-0.4, -0.2) is 53.6 Å². The van der Waals surface area contributed by atoms with E-state index in [4.69, 9.17) is 5.73 Å². The molecule has 3 heterocycles. The number of benzene rings is 2. The van der Waals surface area contributed by atoms with Gasteiger partial charge in [-0.25, -0.2) is 0 Å². The third kappa shape index (κ3) is 4.85. The minimum atomic E-state index is -0.962. The summed E-state index contributed by atoms with van der Waals surface area (Å²) in [6, 6.07) is 11.8. The van der Waals surface area contributed by atoms with Crippen LogP contribution in [0.25, 0.3) is 0 Å². The van der Waals surface area contributed by atoms with Gasteiger partial charge in [-0.2, -0.15) is 0 Å². The number of aryl methyl sites for hydroxylation is 1. The third-order valence-corrected chi connectivity index (χ3v) is 7.72. The standard InChI is InChI=1S/C28H30N4O5/c29-25(34)19-9-7-17(8-10-19)3-1-4-18-13-15-31(16-14-18)21-6-2-5-20-24(21)28(37)32(27(20)36)22-11-12-23(33)30-26(22)35/h2,5-10,18,22H,1,3-4,11-16H2,(H2,29,34)(H,30,33,35). The Morgan fingerprint density at radius 3 is 2.35 bits per heavy atom. The number of nitrogens with one attached hydrogen (secondary N) is 1. The maximum absolute atomic E-state index is 13.4. The highest BCUT2D eigenvalue weighted by Gasteiger charge is 2.46. The van der Waals surface area contributed by atoms with E-state index in [0.717, 1.165) is 55.8 Å². The van der Waals surface area contributed by atoms with Gasteiger partial charge < -0.3 is 10.6 Å². The highest BCUT2D eigenvalue weighted by molar-refractivity contribution is 6.25. The summed E-state index contributed by atoms with van der Waals surface area (Å²) < 4.78 is 0. The lowest BCUT2D eigenvalue weighted by atomic mass is 9.90. The summed E-state index contributed by atoms with van der Waals surface area (Å²) in [4.78, 5) is 64.8. The number of carbonyl (C=O) groups is 5. The normalized spacial score (nSPS) is 20.3. The molecule has 9 nitrogen and oxygen atoms in total. The molecule has 9 heteroatoms. The van der Waals surface area contributed by atoms with Crippen LogP contribution in [-0.2, 0) is 16.0 Å². The maximum atomic E-state index is 13.4. The molecule has 3 aliphatic rings. The first-order valence-electron chi connectivity index (χ1n) is 12.8. The van der Waals surface area contributed by atoms with Crippen LogP contribution >= 0.6 is 0 Å². The van der Waals surface area contributed by atoms with Gasteiger partial charge in [-0.15, -0.1) is 0 Å². The summed E-state index contributed by atoms with van der Waals surface area (Å²) in [5, 5.41) is 2.24. The summed E-state index contributed by atoms with van der Waals surface area (Å²) in [6.45, 7) is 1.57. The van der Waals surface area contributed by atoms with Crippen LogP contribution in [0.5, 0.6) is 0 Å². The molecule has 192 valence electrons. The minimum absolute atomic E-state index is 0.100. The van der Waals surface area contributed by atoms with Crippen LogP contribution in [0, 0.1) is 5.92 Å². The maximum Gasteiger partial charge on any atom is 0.264 e. The Hall–Kier alpha value is -4.01. The molecule has 3 aliphatic heterocycles. The predicted octanol–water partition coefficient (Wildman–Crippen LogP) is 2.43. The van der Waals surface area contributed by atoms with E-state index >= 15 is 0 Å². The molecule has 0 aliphatic carbocycles. The largest absolute Gasteiger partial charge is 0.371 e. The Bertz CT molecular complexity index is 1260. The van der Waals surface area contributed by atoms with E-state index in [0.29, 0.717) is 22.6 Å². The zero-order valence-electron chi connectivity index (χ0n) is 20.6. The van der Waals surface area contributed by atoms with Crippen LogP contribution in [0.15, 0.2) is 42.5 Å². The first kappa shape index (κ1) is 24.7. The number of nitrogens with two attached hydrogens (primary N) is 1. The highest BCUT2D eigenvalue weighted by Crippen LogP contribution is 2.36. The molecule has 1 atom stereocenters. The molecule has 5 amide bonds. The number of anilines is 1. The number of primary amides is 1. The fourth-order valence-corrected chi connectivity index (χ4v) is 5.65. The molecule has 0 radical (unpaired) electrons. The van der Waals surface area contributed by atoms with E-state index in [2.05, 4.69) is 10.2 Å². The number of amides is 5. The summed E-state index contributed by atoms with van der Waals surface area (Å²) in [6.07, 6.45) is 5.31. The Kier molecular flexibility index (Phi) is 6.78. The molecule has 2 fully saturated rings. The SMILES string of the molecule is NC(=O)c1ccc(CCCC2CCN(c3cccc4c3C(=O)N(C3CCC(=O)NC3=O)C4=O)CC2)cc1. The van der Waals surface area contributed by atoms with Crippen molar-refractivity contribution < 1.29 is 24.0 Å². The van der Waals surface area contributed by atoms with Gasteiger partial charge in [0.2, 0.25) is 17.7 Å². The van der Waals surface area contributed by atoms with Crippen molar-refractivity contribution in [3.63, 3.8) is 0 Å². The third-order valence-electron chi connectivity index (χ3n) is 7.72. The lowest BCUT2D eigenvalue weighted by molar-refractivity contribution is -0.136. The molecule has 3 N–H and O–H groups in total. The van der Waals surface area contributed by atoms with Gasteiger partial charge in [0.25, 0.3) is 11.8 Å². The van der Waals surface area contributed by atoms with Gasteiger partial charge in [-0.3, -0.25) is 34.2 Å². The van der Waals surface area contributed by atoms with Crippen molar-refractivity contribution in [3.8, 4) is 0 Å². The van der Waals surface area contributed by atoms with Crippen LogP contribution < -0.4 is 16.0 Å². The predicted molar refractivity (Wildman–Crippen MR) is 136 cm³/mol. The molecular formula is C28H30N4O5. The zero-order valence-corrected chi connectivity index (χ0v) is 20.6. The molecular weight excluding hydrogens is 472 g/mol. The lowest BCUT2D eigenvalue weighted by Crippen LogP contribution is -2.54. The number of hydrogen-bond acceptors (Lipinski definition) is 6. The Balaban J connectivity index is 1.20. The lowest BCUT2D eigenvalue weighted by Gasteiger charge is -2.34. The van der Waals surface area contributed by atoms with Gasteiger partial charge in [0.1, 0.15) is 6.04 Å². The van der Waals surface area contributed by atoms with Gasteiger partial charge in [0, 0.05) is 25.1 Å². The number of hydrogen-bond donors (Lipinski definition) is 2. The van der Waals surface area contributed by atoms with E-state index < -0.39 is 29.7 Å². The molecule has 0 saturated carbocycles. The van der Waals surface area contributed by atoms with Crippen LogP contribution in [0.3, 0.4) is 0 Å². The van der Waals surface area contributed by atoms with Crippen molar-refractivity contribution in [2.75, 3.05) is 18.0 Å². The van der Waals surface area contributed by atoms with E-state index in [9.17, 15) is 24.0 Å². The summed E-state index contributed by atoms with van der Waals surface area (Å²) >= 11 is 0. The Morgan fingerprint density at radius 2 is 1.68 bits per heavy atom. The van der Waals surface area contributed by atoms with E-state index in [1.165, 1.54) is 5.56 Å². The molecule has 0 bridgehead atoms. The van der Waals surface area contributed by atoms with Crippen LogP contribution in [0.1, 0.15) is 75.2 Å². The first-order valence-corrected chi connectivity index (χ1v) is 12.8. The molecule has 0 spiro atoms. The molecule has 2 aromatic carbocycles. The molecule has 5 rings (SSSR count). The van der Waals surface area contributed by atoms with Crippen molar-refractivity contribution >= 4 is 35.2 Å². The van der Waals surface area contributed by atoms with E-state index in [1.54, 1.807) is 24.3 Å². The van der Waals surface area contributed by atoms with Crippen molar-refractivity contribution in [1.29, 1.82) is 0 Å². The number of nitrogens with zero attached hydrogens (tertiary/aromatic N) is 2. The zero-order chi connectivity index (χ0) is 26.1. The molecule has 2 saturated heterocycles. The fraction of sp³-hybridized carbons (Fsp3) is 0.393. The highest BCUT2D eigenvalue weighted by atomic mass is 16.2. The van der Waals surface area contributed by atoms with Gasteiger partial charge in [0.15, 0.2) is 0 Å². The van der Waals surface area contributed by atoms with Crippen molar-refractivity contribution in [2.24, 2.45) is 11.7 Å². The van der Waals surface area contributed by atoms with Crippen molar-refractivity contribution in [1.82, 2.24) is 10.2 Å². The van der Waals surface area contributed by atoms with E-state index in [1.807, 2.05) is 18.2 Å². The van der Waals surface area contributed by atoms with Gasteiger partial charge in [-0.05, 0) is 74.3 Å². The van der Waals surface area contributed by atoms with Crippen molar-refractivity contribution in [2.45, 2.75) is 51.0 Å². The van der Waals surface area contributed by atoms with Crippen molar-refractivity contribution in [3.05, 3.63) is 64.7 Å². The number of rotatable bonds is 7. The minimum Gasteiger partial charge on any atom is -0.371 e. The molecule has 1 unspecified atom stereocenters. The molecule has 2 aromatic rings. The number of imide groups is 2. The summed E-state index contributed by atoms with van der Waals surface area (Å²) in [5.41, 5.74) is 8.41. The first-order chi connectivity index (χ1) is 17.8. The molecule has 37 heavy (non-hydrogen) atoms. The second-order valence-electron chi connectivity index (χ2n) is 10.0. The average Bonchev–Trinajstić information content (AvgIpc) is 3.15. The average molecular weight is 503 g/mol. The van der Waals surface area contributed by atoms with Crippen LogP contribution in [0.2, 0.25) is 0 Å². The second-order valence-corrected chi connectivity index (χ2v) is 10.0. The quantitative estimate of drug-likeness (QED) is 0.560. The summed E-state index contributed by atoms with van der Waals surface area (Å²) in [5.74, 6) is -1.77. The molecule has 0 aromatic heterocycles. The topological polar surface area (TPSA) is 130 Å². The van der Waals surface area contributed by atoms with Gasteiger partial charge in [0.05, 0.1) is 16.8 Å².